The van der Waals surface area contributed by atoms with E-state index in [2.05, 4.69) is 0 Å². The molecule has 0 bridgehead atoms. The Morgan fingerprint density at radius 2 is 1.57 bits per heavy atom. The zero-order chi connectivity index (χ0) is 15.2. The smallest absolute Gasteiger partial charge is 0.343 e. The highest BCUT2D eigenvalue weighted by atomic mass is 16.5. The van der Waals surface area contributed by atoms with Gasteiger partial charge in [-0.15, -0.1) is 0 Å². The Hall–Kier alpha value is -2.82. The molecule has 0 spiro atoms. The summed E-state index contributed by atoms with van der Waals surface area (Å²) in [7, 11) is 0. The van der Waals surface area contributed by atoms with Crippen molar-refractivity contribution in [3.8, 4) is 11.5 Å². The van der Waals surface area contributed by atoms with Gasteiger partial charge in [0.05, 0.1) is 5.56 Å². The summed E-state index contributed by atoms with van der Waals surface area (Å²) in [5.41, 5.74) is 1.20. The number of aromatic hydroxyl groups is 1. The number of aliphatic carboxylic acids is 1. The zero-order valence-electron chi connectivity index (χ0n) is 11.2. The number of hydrogen-bond acceptors (Lipinski definition) is 4. The molecule has 0 atom stereocenters. The van der Waals surface area contributed by atoms with Gasteiger partial charge in [0.25, 0.3) is 0 Å². The molecule has 0 saturated heterocycles. The van der Waals surface area contributed by atoms with E-state index in [9.17, 15) is 9.59 Å². The summed E-state index contributed by atoms with van der Waals surface area (Å²) in [5, 5.41) is 17.8. The van der Waals surface area contributed by atoms with E-state index >= 15 is 0 Å². The molecule has 2 N–H and O–H groups in total. The molecule has 21 heavy (non-hydrogen) atoms. The van der Waals surface area contributed by atoms with Crippen molar-refractivity contribution in [1.29, 1.82) is 0 Å². The topological polar surface area (TPSA) is 83.8 Å². The molecule has 0 fully saturated rings. The largest absolute Gasteiger partial charge is 0.508 e. The van der Waals surface area contributed by atoms with Crippen molar-refractivity contribution in [3.63, 3.8) is 0 Å². The summed E-state index contributed by atoms with van der Waals surface area (Å²) >= 11 is 0. The lowest BCUT2D eigenvalue weighted by molar-refractivity contribution is -0.136. The first-order chi connectivity index (χ1) is 10.0. The zero-order valence-corrected chi connectivity index (χ0v) is 11.2. The Balaban J connectivity index is 1.98. The maximum atomic E-state index is 11.8. The van der Waals surface area contributed by atoms with Crippen molar-refractivity contribution in [2.24, 2.45) is 0 Å². The minimum absolute atomic E-state index is 0.0621. The van der Waals surface area contributed by atoms with Crippen LogP contribution >= 0.6 is 0 Å². The van der Waals surface area contributed by atoms with Gasteiger partial charge in [0.1, 0.15) is 11.5 Å². The van der Waals surface area contributed by atoms with Gasteiger partial charge in [-0.1, -0.05) is 12.1 Å². The number of benzene rings is 2. The molecule has 2 aromatic rings. The Morgan fingerprint density at radius 1 is 0.952 bits per heavy atom. The third-order valence-corrected chi connectivity index (χ3v) is 2.86. The van der Waals surface area contributed by atoms with Crippen LogP contribution in [0.15, 0.2) is 48.5 Å². The van der Waals surface area contributed by atoms with E-state index in [1.165, 1.54) is 24.3 Å². The molecular weight excluding hydrogens is 272 g/mol. The quantitative estimate of drug-likeness (QED) is 0.652. The van der Waals surface area contributed by atoms with Crippen LogP contribution in [-0.4, -0.2) is 22.2 Å². The van der Waals surface area contributed by atoms with E-state index in [1.54, 1.807) is 24.3 Å². The molecule has 0 radical (unpaired) electrons. The number of phenolic OH excluding ortho intramolecular Hbond substituents is 1. The molecule has 2 rings (SSSR count). The second-order valence-corrected chi connectivity index (χ2v) is 4.47. The molecule has 0 saturated carbocycles. The van der Waals surface area contributed by atoms with E-state index in [0.29, 0.717) is 17.7 Å². The highest BCUT2D eigenvalue weighted by molar-refractivity contribution is 5.91. The van der Waals surface area contributed by atoms with Gasteiger partial charge in [-0.3, -0.25) is 4.79 Å². The standard InChI is InChI=1S/C16H14O5/c17-13-6-4-12(5-7-13)16(20)21-14-8-1-11(2-9-14)3-10-15(18)19/h1-2,4-9,17H,3,10H2,(H,18,19). The first-order valence-corrected chi connectivity index (χ1v) is 6.36. The molecule has 0 aliphatic carbocycles. The number of rotatable bonds is 5. The molecule has 0 aromatic heterocycles. The lowest BCUT2D eigenvalue weighted by Gasteiger charge is -2.05. The molecule has 0 heterocycles. The van der Waals surface area contributed by atoms with Gasteiger partial charge in [-0.25, -0.2) is 4.79 Å². The van der Waals surface area contributed by atoms with Gasteiger partial charge in [-0.05, 0) is 48.4 Å². The summed E-state index contributed by atoms with van der Waals surface area (Å²) < 4.78 is 5.18. The van der Waals surface area contributed by atoms with Gasteiger partial charge in [-0.2, -0.15) is 0 Å². The molecule has 5 nitrogen and oxygen atoms in total. The Labute approximate surface area is 121 Å². The third kappa shape index (κ3) is 4.35. The van der Waals surface area contributed by atoms with E-state index in [-0.39, 0.29) is 12.2 Å². The van der Waals surface area contributed by atoms with Crippen molar-refractivity contribution in [2.75, 3.05) is 0 Å². The fourth-order valence-electron chi connectivity index (χ4n) is 1.74. The summed E-state index contributed by atoms with van der Waals surface area (Å²) in [6, 6.07) is 12.4. The number of carbonyl (C=O) groups is 2. The van der Waals surface area contributed by atoms with Crippen LogP contribution in [0, 0.1) is 0 Å². The number of aryl methyl sites for hydroxylation is 1. The summed E-state index contributed by atoms with van der Waals surface area (Å²) in [5.74, 6) is -0.910. The van der Waals surface area contributed by atoms with Gasteiger partial charge >= 0.3 is 11.9 Å². The lowest BCUT2D eigenvalue weighted by Crippen LogP contribution is -2.08. The van der Waals surface area contributed by atoms with Crippen molar-refractivity contribution in [2.45, 2.75) is 12.8 Å². The van der Waals surface area contributed by atoms with Crippen molar-refractivity contribution < 1.29 is 24.5 Å². The highest BCUT2D eigenvalue weighted by Crippen LogP contribution is 2.16. The maximum Gasteiger partial charge on any atom is 0.343 e. The first kappa shape index (κ1) is 14.6. The maximum absolute atomic E-state index is 11.8. The van der Waals surface area contributed by atoms with Crippen molar-refractivity contribution in [3.05, 3.63) is 59.7 Å². The Morgan fingerprint density at radius 3 is 2.14 bits per heavy atom. The number of carbonyl (C=O) groups excluding carboxylic acids is 1. The second-order valence-electron chi connectivity index (χ2n) is 4.47. The van der Waals surface area contributed by atoms with Gasteiger partial charge in [0, 0.05) is 6.42 Å². The molecule has 0 aliphatic heterocycles. The highest BCUT2D eigenvalue weighted by Gasteiger charge is 2.08. The van der Waals surface area contributed by atoms with E-state index < -0.39 is 11.9 Å². The fourth-order valence-corrected chi connectivity index (χ4v) is 1.74. The minimum Gasteiger partial charge on any atom is -0.508 e. The Bertz CT molecular complexity index is 629. The predicted molar refractivity (Wildman–Crippen MR) is 75.5 cm³/mol. The van der Waals surface area contributed by atoms with Crippen LogP contribution in [-0.2, 0) is 11.2 Å². The minimum atomic E-state index is -0.849. The molecule has 2 aromatic carbocycles. The van der Waals surface area contributed by atoms with Crippen LogP contribution in [0.2, 0.25) is 0 Å². The SMILES string of the molecule is O=C(O)CCc1ccc(OC(=O)c2ccc(O)cc2)cc1. The van der Waals surface area contributed by atoms with Crippen LogP contribution in [0.25, 0.3) is 0 Å². The lowest BCUT2D eigenvalue weighted by atomic mass is 10.1. The number of hydrogen-bond donors (Lipinski definition) is 2. The fraction of sp³-hybridized carbons (Fsp3) is 0.125. The van der Waals surface area contributed by atoms with Crippen LogP contribution < -0.4 is 4.74 Å². The first-order valence-electron chi connectivity index (χ1n) is 6.36. The Kier molecular flexibility index (Phi) is 4.56. The number of esters is 1. The van der Waals surface area contributed by atoms with Crippen LogP contribution in [0.5, 0.6) is 11.5 Å². The summed E-state index contributed by atoms with van der Waals surface area (Å²) in [6.07, 6.45) is 0.494. The molecule has 0 unspecified atom stereocenters. The van der Waals surface area contributed by atoms with Crippen molar-refractivity contribution >= 4 is 11.9 Å². The summed E-state index contributed by atoms with van der Waals surface area (Å²) in [4.78, 5) is 22.3. The number of ether oxygens (including phenoxy) is 1. The summed E-state index contributed by atoms with van der Waals surface area (Å²) in [6.45, 7) is 0. The normalized spacial score (nSPS) is 10.1. The average molecular weight is 286 g/mol. The molecular formula is C16H14O5. The van der Waals surface area contributed by atoms with E-state index in [1.807, 2.05) is 0 Å². The van der Waals surface area contributed by atoms with Crippen LogP contribution in [0.3, 0.4) is 0 Å². The number of carboxylic acid groups (broad SMARTS) is 1. The predicted octanol–water partition coefficient (Wildman–Crippen LogP) is 2.63. The molecule has 108 valence electrons. The van der Waals surface area contributed by atoms with Crippen LogP contribution in [0.4, 0.5) is 0 Å². The molecule has 0 amide bonds. The third-order valence-electron chi connectivity index (χ3n) is 2.86. The number of phenols is 1. The molecule has 0 aliphatic rings. The molecule has 5 heteroatoms. The van der Waals surface area contributed by atoms with Crippen molar-refractivity contribution in [1.82, 2.24) is 0 Å². The second kappa shape index (κ2) is 6.56. The van der Waals surface area contributed by atoms with E-state index in [4.69, 9.17) is 14.9 Å². The number of carboxylic acids is 1. The average Bonchev–Trinajstić information content (AvgIpc) is 2.47. The van der Waals surface area contributed by atoms with Gasteiger partial charge in [0.15, 0.2) is 0 Å². The van der Waals surface area contributed by atoms with Crippen LogP contribution in [0.1, 0.15) is 22.3 Å². The van der Waals surface area contributed by atoms with Gasteiger partial charge < -0.3 is 14.9 Å². The monoisotopic (exact) mass is 286 g/mol. The van der Waals surface area contributed by atoms with Gasteiger partial charge in [0.2, 0.25) is 0 Å². The van der Waals surface area contributed by atoms with E-state index in [0.717, 1.165) is 5.56 Å².